The first kappa shape index (κ1) is 16.5. The van der Waals surface area contributed by atoms with Crippen molar-refractivity contribution in [2.75, 3.05) is 11.9 Å². The molecule has 2 aromatic rings. The molecule has 1 aromatic heterocycles. The molecule has 0 saturated carbocycles. The van der Waals surface area contributed by atoms with Gasteiger partial charge in [0, 0.05) is 17.1 Å². The molecule has 3 rings (SSSR count). The van der Waals surface area contributed by atoms with Gasteiger partial charge in [0.1, 0.15) is 6.04 Å². The maximum absolute atomic E-state index is 12.5. The molecule has 2 heterocycles. The van der Waals surface area contributed by atoms with Gasteiger partial charge in [0.2, 0.25) is 5.91 Å². The van der Waals surface area contributed by atoms with Gasteiger partial charge in [0.05, 0.1) is 6.54 Å². The zero-order valence-electron chi connectivity index (χ0n) is 13.6. The molecular formula is C18H21N3O2S. The largest absolute Gasteiger partial charge is 0.349 e. The minimum absolute atomic E-state index is 0.0801. The van der Waals surface area contributed by atoms with Crippen LogP contribution in [0.1, 0.15) is 23.3 Å². The van der Waals surface area contributed by atoms with E-state index in [1.54, 1.807) is 16.2 Å². The van der Waals surface area contributed by atoms with Gasteiger partial charge in [-0.05, 0) is 48.9 Å². The fourth-order valence-corrected chi connectivity index (χ4v) is 3.72. The number of nitrogens with one attached hydrogen (secondary N) is 2. The van der Waals surface area contributed by atoms with E-state index in [1.165, 1.54) is 5.56 Å². The second-order valence-corrected chi connectivity index (χ2v) is 6.89. The SMILES string of the molecule is Cc1ccsc1CNC(=O)[C@H]1CCCN1C(=O)Nc1ccccc1. The molecule has 24 heavy (non-hydrogen) atoms. The predicted molar refractivity (Wildman–Crippen MR) is 96.1 cm³/mol. The van der Waals surface area contributed by atoms with Crippen LogP contribution in [0.3, 0.4) is 0 Å². The van der Waals surface area contributed by atoms with Crippen LogP contribution in [-0.2, 0) is 11.3 Å². The summed E-state index contributed by atoms with van der Waals surface area (Å²) < 4.78 is 0. The third-order valence-electron chi connectivity index (χ3n) is 4.23. The minimum Gasteiger partial charge on any atom is -0.349 e. The second-order valence-electron chi connectivity index (χ2n) is 5.89. The number of thiophene rings is 1. The number of rotatable bonds is 4. The van der Waals surface area contributed by atoms with Crippen LogP contribution < -0.4 is 10.6 Å². The Balaban J connectivity index is 1.59. The molecule has 126 valence electrons. The lowest BCUT2D eigenvalue weighted by atomic mass is 10.2. The van der Waals surface area contributed by atoms with Gasteiger partial charge >= 0.3 is 6.03 Å². The van der Waals surface area contributed by atoms with Gasteiger partial charge in [-0.2, -0.15) is 0 Å². The molecule has 0 spiro atoms. The standard InChI is InChI=1S/C18H21N3O2S/c1-13-9-11-24-16(13)12-19-17(22)15-8-5-10-21(15)18(23)20-14-6-3-2-4-7-14/h2-4,6-7,9,11,15H,5,8,10,12H2,1H3,(H,19,22)(H,20,23)/t15-/m1/s1. The number of nitrogens with zero attached hydrogens (tertiary/aromatic N) is 1. The maximum Gasteiger partial charge on any atom is 0.322 e. The van der Waals surface area contributed by atoms with Crippen LogP contribution in [0.15, 0.2) is 41.8 Å². The fourth-order valence-electron chi connectivity index (χ4n) is 2.87. The highest BCUT2D eigenvalue weighted by molar-refractivity contribution is 7.10. The molecule has 1 saturated heterocycles. The monoisotopic (exact) mass is 343 g/mol. The molecule has 3 amide bonds. The van der Waals surface area contributed by atoms with E-state index in [0.29, 0.717) is 19.5 Å². The zero-order valence-corrected chi connectivity index (χ0v) is 14.4. The van der Waals surface area contributed by atoms with Gasteiger partial charge < -0.3 is 15.5 Å². The molecule has 0 unspecified atom stereocenters. The number of aryl methyl sites for hydroxylation is 1. The minimum atomic E-state index is -0.394. The number of hydrogen-bond donors (Lipinski definition) is 2. The molecule has 1 aliphatic heterocycles. The Hall–Kier alpha value is -2.34. The first-order valence-electron chi connectivity index (χ1n) is 8.08. The number of urea groups is 1. The van der Waals surface area contributed by atoms with E-state index in [0.717, 1.165) is 17.0 Å². The number of amides is 3. The lowest BCUT2D eigenvalue weighted by Crippen LogP contribution is -2.47. The van der Waals surface area contributed by atoms with Crippen molar-refractivity contribution in [1.82, 2.24) is 10.2 Å². The van der Waals surface area contributed by atoms with Crippen LogP contribution in [-0.4, -0.2) is 29.4 Å². The highest BCUT2D eigenvalue weighted by Crippen LogP contribution is 2.20. The lowest BCUT2D eigenvalue weighted by Gasteiger charge is -2.24. The summed E-state index contributed by atoms with van der Waals surface area (Å²) in [5.74, 6) is -0.0801. The average molecular weight is 343 g/mol. The average Bonchev–Trinajstić information content (AvgIpc) is 3.22. The maximum atomic E-state index is 12.5. The lowest BCUT2D eigenvalue weighted by molar-refractivity contribution is -0.124. The normalized spacial score (nSPS) is 16.9. The highest BCUT2D eigenvalue weighted by atomic mass is 32.1. The molecule has 1 atom stereocenters. The number of para-hydroxylation sites is 1. The van der Waals surface area contributed by atoms with E-state index in [9.17, 15) is 9.59 Å². The molecule has 1 fully saturated rings. The van der Waals surface area contributed by atoms with Gasteiger partial charge in [-0.1, -0.05) is 18.2 Å². The highest BCUT2D eigenvalue weighted by Gasteiger charge is 2.34. The quantitative estimate of drug-likeness (QED) is 0.894. The van der Waals surface area contributed by atoms with Crippen molar-refractivity contribution in [3.05, 3.63) is 52.2 Å². The van der Waals surface area contributed by atoms with Gasteiger partial charge in [-0.3, -0.25) is 4.79 Å². The number of anilines is 1. The van der Waals surface area contributed by atoms with Crippen LogP contribution in [0.5, 0.6) is 0 Å². The Bertz CT molecular complexity index is 714. The molecule has 2 N–H and O–H groups in total. The van der Waals surface area contributed by atoms with Crippen molar-refractivity contribution in [2.45, 2.75) is 32.4 Å². The van der Waals surface area contributed by atoms with Crippen molar-refractivity contribution < 1.29 is 9.59 Å². The first-order valence-corrected chi connectivity index (χ1v) is 8.96. The van der Waals surface area contributed by atoms with Crippen LogP contribution in [0.25, 0.3) is 0 Å². The number of likely N-dealkylation sites (tertiary alicyclic amines) is 1. The molecule has 0 radical (unpaired) electrons. The van der Waals surface area contributed by atoms with E-state index >= 15 is 0 Å². The van der Waals surface area contributed by atoms with Crippen molar-refractivity contribution in [1.29, 1.82) is 0 Å². The first-order chi connectivity index (χ1) is 11.6. The second kappa shape index (κ2) is 7.49. The van der Waals surface area contributed by atoms with Gasteiger partial charge in [0.25, 0.3) is 0 Å². The summed E-state index contributed by atoms with van der Waals surface area (Å²) in [6.45, 7) is 3.16. The van der Waals surface area contributed by atoms with E-state index < -0.39 is 6.04 Å². The Morgan fingerprint density at radius 3 is 2.75 bits per heavy atom. The van der Waals surface area contributed by atoms with E-state index in [4.69, 9.17) is 0 Å². The van der Waals surface area contributed by atoms with Gasteiger partial charge in [-0.15, -0.1) is 11.3 Å². The number of carbonyl (C=O) groups is 2. The molecule has 0 bridgehead atoms. The fraction of sp³-hybridized carbons (Fsp3) is 0.333. The van der Waals surface area contributed by atoms with Crippen LogP contribution in [0.4, 0.5) is 10.5 Å². The van der Waals surface area contributed by atoms with Crippen molar-refractivity contribution in [3.8, 4) is 0 Å². The summed E-state index contributed by atoms with van der Waals surface area (Å²) in [6.07, 6.45) is 1.55. The zero-order chi connectivity index (χ0) is 16.9. The Morgan fingerprint density at radius 2 is 2.04 bits per heavy atom. The smallest absolute Gasteiger partial charge is 0.322 e. The van der Waals surface area contributed by atoms with Crippen molar-refractivity contribution in [3.63, 3.8) is 0 Å². The van der Waals surface area contributed by atoms with E-state index in [2.05, 4.69) is 10.6 Å². The van der Waals surface area contributed by atoms with Crippen LogP contribution in [0, 0.1) is 6.92 Å². The summed E-state index contributed by atoms with van der Waals surface area (Å²) in [5, 5.41) is 7.84. The number of benzene rings is 1. The third-order valence-corrected chi connectivity index (χ3v) is 5.26. The summed E-state index contributed by atoms with van der Waals surface area (Å²) in [5.41, 5.74) is 1.92. The van der Waals surface area contributed by atoms with Crippen molar-refractivity contribution in [2.24, 2.45) is 0 Å². The summed E-state index contributed by atoms with van der Waals surface area (Å²) in [7, 11) is 0. The molecule has 1 aliphatic rings. The van der Waals surface area contributed by atoms with Gasteiger partial charge in [-0.25, -0.2) is 4.79 Å². The molecule has 5 nitrogen and oxygen atoms in total. The Labute approximate surface area is 145 Å². The molecular weight excluding hydrogens is 322 g/mol. The van der Waals surface area contributed by atoms with Crippen LogP contribution in [0.2, 0.25) is 0 Å². The van der Waals surface area contributed by atoms with Gasteiger partial charge in [0.15, 0.2) is 0 Å². The molecule has 0 aliphatic carbocycles. The molecule has 6 heteroatoms. The number of hydrogen-bond acceptors (Lipinski definition) is 3. The molecule has 1 aromatic carbocycles. The topological polar surface area (TPSA) is 61.4 Å². The van der Waals surface area contributed by atoms with E-state index in [1.807, 2.05) is 48.7 Å². The van der Waals surface area contributed by atoms with Crippen LogP contribution >= 0.6 is 11.3 Å². The summed E-state index contributed by atoms with van der Waals surface area (Å²) in [6, 6.07) is 10.7. The number of carbonyl (C=O) groups excluding carboxylic acids is 2. The third kappa shape index (κ3) is 3.76. The van der Waals surface area contributed by atoms with E-state index in [-0.39, 0.29) is 11.9 Å². The predicted octanol–water partition coefficient (Wildman–Crippen LogP) is 3.37. The Kier molecular flexibility index (Phi) is 5.15. The van der Waals surface area contributed by atoms with Crippen molar-refractivity contribution >= 4 is 29.0 Å². The Morgan fingerprint density at radius 1 is 1.25 bits per heavy atom. The summed E-state index contributed by atoms with van der Waals surface area (Å²) >= 11 is 1.64. The summed E-state index contributed by atoms with van der Waals surface area (Å²) in [4.78, 5) is 27.7.